The average molecular weight is 462 g/mol. The fourth-order valence-corrected chi connectivity index (χ4v) is 5.14. The van der Waals surface area contributed by atoms with Gasteiger partial charge < -0.3 is 4.57 Å². The number of thiophene rings is 1. The van der Waals surface area contributed by atoms with Crippen molar-refractivity contribution in [3.8, 4) is 10.6 Å². The molecule has 6 heteroatoms. The van der Waals surface area contributed by atoms with Gasteiger partial charge in [0.2, 0.25) is 0 Å². The molecule has 0 aliphatic heterocycles. The van der Waals surface area contributed by atoms with E-state index in [1.165, 1.54) is 16.1 Å². The number of hydrogen-bond donors (Lipinski definition) is 0. The molecule has 0 fully saturated rings. The van der Waals surface area contributed by atoms with Crippen molar-refractivity contribution in [2.24, 2.45) is 4.99 Å². The van der Waals surface area contributed by atoms with E-state index in [2.05, 4.69) is 62.3 Å². The molecular weight excluding hydrogens is 448 g/mol. The Labute approximate surface area is 173 Å². The van der Waals surface area contributed by atoms with Crippen LogP contribution in [-0.2, 0) is 6.54 Å². The number of hydrogen-bond acceptors (Lipinski definition) is 3. The first-order valence-electron chi connectivity index (χ1n) is 7.97. The molecule has 0 saturated heterocycles. The normalized spacial score (nSPS) is 11.8. The van der Waals surface area contributed by atoms with Crippen LogP contribution in [0.15, 0.2) is 80.9 Å². The van der Waals surface area contributed by atoms with Crippen molar-refractivity contribution >= 4 is 55.9 Å². The number of halogens is 2. The van der Waals surface area contributed by atoms with Crippen molar-refractivity contribution in [1.29, 1.82) is 0 Å². The van der Waals surface area contributed by atoms with Crippen LogP contribution in [0.5, 0.6) is 0 Å². The summed E-state index contributed by atoms with van der Waals surface area (Å²) < 4.78 is 3.40. The third-order valence-corrected chi connectivity index (χ3v) is 6.62. The molecule has 0 aliphatic rings. The maximum absolute atomic E-state index is 5.99. The molecule has 0 radical (unpaired) electrons. The topological polar surface area (TPSA) is 17.3 Å². The van der Waals surface area contributed by atoms with Crippen LogP contribution >= 0.6 is 50.2 Å². The number of rotatable bonds is 4. The van der Waals surface area contributed by atoms with Crippen LogP contribution in [0, 0.1) is 0 Å². The fraction of sp³-hybridized carbons (Fsp3) is 0.0500. The van der Waals surface area contributed by atoms with E-state index in [4.69, 9.17) is 16.6 Å². The minimum atomic E-state index is 0.719. The van der Waals surface area contributed by atoms with Crippen molar-refractivity contribution in [2.75, 3.05) is 0 Å². The van der Waals surface area contributed by atoms with E-state index in [1.807, 2.05) is 30.3 Å². The van der Waals surface area contributed by atoms with Crippen LogP contribution in [0.25, 0.3) is 10.6 Å². The summed E-state index contributed by atoms with van der Waals surface area (Å²) in [6.45, 7) is 0.779. The molecule has 26 heavy (non-hydrogen) atoms. The second kappa shape index (κ2) is 7.92. The van der Waals surface area contributed by atoms with E-state index >= 15 is 0 Å². The molecular formula is C20H14BrClN2S2. The van der Waals surface area contributed by atoms with Gasteiger partial charge in [-0.1, -0.05) is 41.9 Å². The summed E-state index contributed by atoms with van der Waals surface area (Å²) in [7, 11) is 0. The number of nitrogens with zero attached hydrogens (tertiary/aromatic N) is 2. The lowest BCUT2D eigenvalue weighted by Crippen LogP contribution is -2.16. The Morgan fingerprint density at radius 3 is 2.42 bits per heavy atom. The predicted molar refractivity (Wildman–Crippen MR) is 116 cm³/mol. The Morgan fingerprint density at radius 1 is 0.962 bits per heavy atom. The van der Waals surface area contributed by atoms with Crippen LogP contribution < -0.4 is 4.80 Å². The molecule has 0 bridgehead atoms. The van der Waals surface area contributed by atoms with Crippen LogP contribution in [0.3, 0.4) is 0 Å². The first-order chi connectivity index (χ1) is 12.7. The van der Waals surface area contributed by atoms with Gasteiger partial charge in [0.25, 0.3) is 0 Å². The quantitative estimate of drug-likeness (QED) is 0.312. The first kappa shape index (κ1) is 17.7. The van der Waals surface area contributed by atoms with E-state index in [9.17, 15) is 0 Å². The summed E-state index contributed by atoms with van der Waals surface area (Å²) in [5.41, 5.74) is 3.33. The van der Waals surface area contributed by atoms with Gasteiger partial charge in [0.1, 0.15) is 0 Å². The van der Waals surface area contributed by atoms with Crippen LogP contribution in [0.4, 0.5) is 5.69 Å². The fourth-order valence-electron chi connectivity index (χ4n) is 2.61. The average Bonchev–Trinajstić information content (AvgIpc) is 3.24. The van der Waals surface area contributed by atoms with Gasteiger partial charge in [-0.2, -0.15) is 0 Å². The molecule has 4 rings (SSSR count). The Hall–Kier alpha value is -1.66. The SMILES string of the molecule is Clc1ccc(N=c2scc(-c3ccc(Br)s3)n2Cc2ccccc2)cc1. The molecule has 2 aromatic heterocycles. The van der Waals surface area contributed by atoms with Gasteiger partial charge in [-0.15, -0.1) is 22.7 Å². The highest BCUT2D eigenvalue weighted by atomic mass is 79.9. The zero-order valence-corrected chi connectivity index (χ0v) is 17.6. The zero-order valence-electron chi connectivity index (χ0n) is 13.6. The lowest BCUT2D eigenvalue weighted by atomic mass is 10.2. The van der Waals surface area contributed by atoms with E-state index in [-0.39, 0.29) is 0 Å². The van der Waals surface area contributed by atoms with E-state index in [0.29, 0.717) is 0 Å². The zero-order chi connectivity index (χ0) is 17.9. The summed E-state index contributed by atoms with van der Waals surface area (Å²) in [6, 6.07) is 22.3. The third-order valence-electron chi connectivity index (χ3n) is 3.86. The molecule has 2 heterocycles. The summed E-state index contributed by atoms with van der Waals surface area (Å²) in [5.74, 6) is 0. The second-order valence-corrected chi connectivity index (χ2v) is 9.40. The van der Waals surface area contributed by atoms with Crippen molar-refractivity contribution < 1.29 is 0 Å². The number of benzene rings is 2. The van der Waals surface area contributed by atoms with Gasteiger partial charge in [0, 0.05) is 10.4 Å². The van der Waals surface area contributed by atoms with E-state index in [1.54, 1.807) is 22.7 Å². The molecule has 2 aromatic carbocycles. The lowest BCUT2D eigenvalue weighted by molar-refractivity contribution is 0.779. The smallest absolute Gasteiger partial charge is 0.190 e. The van der Waals surface area contributed by atoms with Crippen molar-refractivity contribution in [1.82, 2.24) is 4.57 Å². The molecule has 0 saturated carbocycles. The lowest BCUT2D eigenvalue weighted by Gasteiger charge is -2.08. The van der Waals surface area contributed by atoms with E-state index < -0.39 is 0 Å². The third kappa shape index (κ3) is 4.01. The maximum atomic E-state index is 5.99. The van der Waals surface area contributed by atoms with Gasteiger partial charge in [-0.05, 0) is 57.9 Å². The Morgan fingerprint density at radius 2 is 1.73 bits per heavy atom. The number of thiazole rings is 1. The maximum Gasteiger partial charge on any atom is 0.190 e. The van der Waals surface area contributed by atoms with Gasteiger partial charge in [0.15, 0.2) is 4.80 Å². The van der Waals surface area contributed by atoms with Crippen molar-refractivity contribution in [3.63, 3.8) is 0 Å². The largest absolute Gasteiger partial charge is 0.311 e. The minimum Gasteiger partial charge on any atom is -0.311 e. The molecule has 4 aromatic rings. The standard InChI is InChI=1S/C20H14BrClN2S2/c21-19-11-10-18(26-19)17-13-25-20(23-16-8-6-15(22)7-9-16)24(17)12-14-4-2-1-3-5-14/h1-11,13H,12H2. The van der Waals surface area contributed by atoms with Crippen LogP contribution in [0.1, 0.15) is 5.56 Å². The summed E-state index contributed by atoms with van der Waals surface area (Å²) >= 11 is 12.9. The summed E-state index contributed by atoms with van der Waals surface area (Å²) in [6.07, 6.45) is 0. The van der Waals surface area contributed by atoms with Crippen LogP contribution in [0.2, 0.25) is 5.02 Å². The molecule has 0 N–H and O–H groups in total. The molecule has 0 aliphatic carbocycles. The highest BCUT2D eigenvalue weighted by molar-refractivity contribution is 9.11. The Kier molecular flexibility index (Phi) is 5.41. The molecule has 0 atom stereocenters. The van der Waals surface area contributed by atoms with Crippen LogP contribution in [-0.4, -0.2) is 4.57 Å². The van der Waals surface area contributed by atoms with Gasteiger partial charge in [-0.25, -0.2) is 4.99 Å². The highest BCUT2D eigenvalue weighted by Gasteiger charge is 2.11. The van der Waals surface area contributed by atoms with Gasteiger partial charge >= 0.3 is 0 Å². The Bertz CT molecular complexity index is 1080. The monoisotopic (exact) mass is 460 g/mol. The highest BCUT2D eigenvalue weighted by Crippen LogP contribution is 2.32. The summed E-state index contributed by atoms with van der Waals surface area (Å²) in [5, 5.41) is 2.90. The Balaban J connectivity index is 1.83. The second-order valence-electron chi connectivity index (χ2n) is 5.67. The number of aromatic nitrogens is 1. The molecule has 0 spiro atoms. The molecule has 0 unspecified atom stereocenters. The predicted octanol–water partition coefficient (Wildman–Crippen LogP) is 6.97. The van der Waals surface area contributed by atoms with Gasteiger partial charge in [-0.3, -0.25) is 0 Å². The summed E-state index contributed by atoms with van der Waals surface area (Å²) in [4.78, 5) is 7.04. The molecule has 0 amide bonds. The molecule has 130 valence electrons. The first-order valence-corrected chi connectivity index (χ1v) is 10.8. The minimum absolute atomic E-state index is 0.719. The molecule has 2 nitrogen and oxygen atoms in total. The van der Waals surface area contributed by atoms with Gasteiger partial charge in [0.05, 0.1) is 26.6 Å². The van der Waals surface area contributed by atoms with E-state index in [0.717, 1.165) is 25.8 Å². The van der Waals surface area contributed by atoms with Crippen molar-refractivity contribution in [2.45, 2.75) is 6.54 Å². The van der Waals surface area contributed by atoms with Crippen molar-refractivity contribution in [3.05, 3.63) is 91.3 Å².